The van der Waals surface area contributed by atoms with E-state index in [1.807, 2.05) is 20.0 Å². The molecule has 0 saturated carbocycles. The van der Waals surface area contributed by atoms with Gasteiger partial charge in [-0.05, 0) is 19.4 Å². The van der Waals surface area contributed by atoms with Crippen LogP contribution in [0.25, 0.3) is 0 Å². The molecular weight excluding hydrogens is 166 g/mol. The van der Waals surface area contributed by atoms with E-state index < -0.39 is 6.10 Å². The molecule has 0 spiro atoms. The lowest BCUT2D eigenvalue weighted by atomic mass is 10.0. The van der Waals surface area contributed by atoms with Gasteiger partial charge in [-0.2, -0.15) is 5.10 Å². The molecule has 1 aromatic rings. The lowest BCUT2D eigenvalue weighted by molar-refractivity contribution is 0.121. The zero-order valence-electron chi connectivity index (χ0n) is 8.14. The molecule has 2 unspecified atom stereocenters. The van der Waals surface area contributed by atoms with Gasteiger partial charge in [-0.1, -0.05) is 6.92 Å². The van der Waals surface area contributed by atoms with Crippen molar-refractivity contribution in [3.63, 3.8) is 0 Å². The van der Waals surface area contributed by atoms with E-state index in [1.54, 1.807) is 10.9 Å². The van der Waals surface area contributed by atoms with Gasteiger partial charge < -0.3 is 10.8 Å². The van der Waals surface area contributed by atoms with Crippen molar-refractivity contribution in [3.8, 4) is 0 Å². The molecule has 0 radical (unpaired) electrons. The highest BCUT2D eigenvalue weighted by molar-refractivity contribution is 5.08. The Kier molecular flexibility index (Phi) is 3.45. The summed E-state index contributed by atoms with van der Waals surface area (Å²) >= 11 is 0. The van der Waals surface area contributed by atoms with Crippen molar-refractivity contribution in [1.29, 1.82) is 0 Å². The average molecular weight is 183 g/mol. The number of aryl methyl sites for hydroxylation is 1. The van der Waals surface area contributed by atoms with Crippen LogP contribution in [0.15, 0.2) is 12.4 Å². The number of aliphatic hydroxyl groups excluding tert-OH is 1. The average Bonchev–Trinajstić information content (AvgIpc) is 2.63. The van der Waals surface area contributed by atoms with E-state index in [1.165, 1.54) is 0 Å². The van der Waals surface area contributed by atoms with Crippen molar-refractivity contribution in [2.75, 3.05) is 6.54 Å². The van der Waals surface area contributed by atoms with Gasteiger partial charge in [-0.3, -0.25) is 4.68 Å². The van der Waals surface area contributed by atoms with Gasteiger partial charge in [-0.15, -0.1) is 0 Å². The van der Waals surface area contributed by atoms with Crippen molar-refractivity contribution in [1.82, 2.24) is 9.78 Å². The number of hydrogen-bond donors (Lipinski definition) is 2. The van der Waals surface area contributed by atoms with E-state index >= 15 is 0 Å². The Morgan fingerprint density at radius 2 is 2.38 bits per heavy atom. The van der Waals surface area contributed by atoms with E-state index in [9.17, 15) is 5.11 Å². The van der Waals surface area contributed by atoms with Gasteiger partial charge in [0.15, 0.2) is 0 Å². The standard InChI is InChI=1S/C9H17N3O/c1-3-12-6-8(5-11-12)9(13)7(2)4-10/h5-7,9,13H,3-4,10H2,1-2H3. The minimum absolute atomic E-state index is 0.0782. The zero-order valence-corrected chi connectivity index (χ0v) is 8.14. The summed E-state index contributed by atoms with van der Waals surface area (Å²) in [7, 11) is 0. The molecule has 0 fully saturated rings. The normalized spacial score (nSPS) is 15.7. The van der Waals surface area contributed by atoms with Crippen molar-refractivity contribution < 1.29 is 5.11 Å². The number of nitrogens with zero attached hydrogens (tertiary/aromatic N) is 2. The maximum absolute atomic E-state index is 9.76. The van der Waals surface area contributed by atoms with Crippen LogP contribution in [0.5, 0.6) is 0 Å². The van der Waals surface area contributed by atoms with E-state index in [4.69, 9.17) is 5.73 Å². The van der Waals surface area contributed by atoms with E-state index in [2.05, 4.69) is 5.10 Å². The summed E-state index contributed by atoms with van der Waals surface area (Å²) in [6.45, 7) is 5.24. The smallest absolute Gasteiger partial charge is 0.0858 e. The van der Waals surface area contributed by atoms with Crippen LogP contribution >= 0.6 is 0 Å². The molecule has 0 aromatic carbocycles. The fraction of sp³-hybridized carbons (Fsp3) is 0.667. The summed E-state index contributed by atoms with van der Waals surface area (Å²) in [6.07, 6.45) is 3.06. The third-order valence-electron chi connectivity index (χ3n) is 2.23. The van der Waals surface area contributed by atoms with Gasteiger partial charge in [0.2, 0.25) is 0 Å². The van der Waals surface area contributed by atoms with Gasteiger partial charge in [0.25, 0.3) is 0 Å². The predicted molar refractivity (Wildman–Crippen MR) is 51.1 cm³/mol. The minimum Gasteiger partial charge on any atom is -0.388 e. The van der Waals surface area contributed by atoms with E-state index in [-0.39, 0.29) is 5.92 Å². The Morgan fingerprint density at radius 3 is 2.85 bits per heavy atom. The van der Waals surface area contributed by atoms with Crippen molar-refractivity contribution in [2.24, 2.45) is 11.7 Å². The first kappa shape index (κ1) is 10.2. The summed E-state index contributed by atoms with van der Waals surface area (Å²) in [5, 5.41) is 13.9. The monoisotopic (exact) mass is 183 g/mol. The molecule has 13 heavy (non-hydrogen) atoms. The largest absolute Gasteiger partial charge is 0.388 e. The Morgan fingerprint density at radius 1 is 1.69 bits per heavy atom. The van der Waals surface area contributed by atoms with Crippen LogP contribution in [-0.4, -0.2) is 21.4 Å². The number of nitrogens with two attached hydrogens (primary N) is 1. The fourth-order valence-electron chi connectivity index (χ4n) is 1.16. The van der Waals surface area contributed by atoms with Crippen LogP contribution in [0.3, 0.4) is 0 Å². The highest BCUT2D eigenvalue weighted by Gasteiger charge is 2.16. The minimum atomic E-state index is -0.495. The molecule has 0 saturated heterocycles. The second-order valence-electron chi connectivity index (χ2n) is 3.29. The highest BCUT2D eigenvalue weighted by atomic mass is 16.3. The lowest BCUT2D eigenvalue weighted by Crippen LogP contribution is -2.18. The lowest BCUT2D eigenvalue weighted by Gasteiger charge is -2.14. The molecule has 0 aliphatic rings. The van der Waals surface area contributed by atoms with Crippen LogP contribution in [0.4, 0.5) is 0 Å². The summed E-state index contributed by atoms with van der Waals surface area (Å²) in [6, 6.07) is 0. The number of hydrogen-bond acceptors (Lipinski definition) is 3. The van der Waals surface area contributed by atoms with Crippen molar-refractivity contribution in [3.05, 3.63) is 18.0 Å². The molecule has 2 atom stereocenters. The summed E-state index contributed by atoms with van der Waals surface area (Å²) < 4.78 is 1.79. The van der Waals surface area contributed by atoms with Crippen LogP contribution in [0.2, 0.25) is 0 Å². The number of aliphatic hydroxyl groups is 1. The zero-order chi connectivity index (χ0) is 9.84. The first-order valence-corrected chi connectivity index (χ1v) is 4.59. The van der Waals surface area contributed by atoms with Crippen LogP contribution < -0.4 is 5.73 Å². The first-order valence-electron chi connectivity index (χ1n) is 4.59. The predicted octanol–water partition coefficient (Wildman–Crippen LogP) is 0.531. The maximum atomic E-state index is 9.76. The quantitative estimate of drug-likeness (QED) is 0.715. The van der Waals surface area contributed by atoms with E-state index in [0.717, 1.165) is 12.1 Å². The summed E-state index contributed by atoms with van der Waals surface area (Å²) in [5.41, 5.74) is 6.31. The van der Waals surface area contributed by atoms with Gasteiger partial charge in [0, 0.05) is 18.3 Å². The summed E-state index contributed by atoms with van der Waals surface area (Å²) in [5.74, 6) is 0.0782. The Bertz CT molecular complexity index is 259. The number of aromatic nitrogens is 2. The topological polar surface area (TPSA) is 64.1 Å². The third kappa shape index (κ3) is 2.29. The molecule has 0 aliphatic heterocycles. The molecule has 3 N–H and O–H groups in total. The Balaban J connectivity index is 2.70. The molecule has 4 nitrogen and oxygen atoms in total. The van der Waals surface area contributed by atoms with Gasteiger partial charge in [-0.25, -0.2) is 0 Å². The fourth-order valence-corrected chi connectivity index (χ4v) is 1.16. The van der Waals surface area contributed by atoms with Gasteiger partial charge >= 0.3 is 0 Å². The second-order valence-corrected chi connectivity index (χ2v) is 3.29. The first-order chi connectivity index (χ1) is 6.19. The third-order valence-corrected chi connectivity index (χ3v) is 2.23. The molecule has 1 heterocycles. The highest BCUT2D eigenvalue weighted by Crippen LogP contribution is 2.19. The molecular formula is C9H17N3O. The second kappa shape index (κ2) is 4.39. The molecule has 74 valence electrons. The van der Waals surface area contributed by atoms with Crippen LogP contribution in [0, 0.1) is 5.92 Å². The summed E-state index contributed by atoms with van der Waals surface area (Å²) in [4.78, 5) is 0. The molecule has 0 amide bonds. The van der Waals surface area contributed by atoms with Crippen LogP contribution in [-0.2, 0) is 6.54 Å². The maximum Gasteiger partial charge on any atom is 0.0858 e. The van der Waals surface area contributed by atoms with E-state index in [0.29, 0.717) is 6.54 Å². The molecule has 1 aromatic heterocycles. The number of rotatable bonds is 4. The molecule has 1 rings (SSSR count). The molecule has 4 heteroatoms. The molecule has 0 bridgehead atoms. The Hall–Kier alpha value is -0.870. The van der Waals surface area contributed by atoms with Crippen LogP contribution in [0.1, 0.15) is 25.5 Å². The van der Waals surface area contributed by atoms with Gasteiger partial charge in [0.05, 0.1) is 12.3 Å². The SMILES string of the molecule is CCn1cc(C(O)C(C)CN)cn1. The van der Waals surface area contributed by atoms with Crippen molar-refractivity contribution >= 4 is 0 Å². The van der Waals surface area contributed by atoms with Crippen molar-refractivity contribution in [2.45, 2.75) is 26.5 Å². The van der Waals surface area contributed by atoms with Gasteiger partial charge in [0.1, 0.15) is 0 Å². The molecule has 0 aliphatic carbocycles. The Labute approximate surface area is 78.4 Å².